The Kier molecular flexibility index (Phi) is 2.09. The molecular weight excluding hydrogens is 116 g/mol. The fourth-order valence-electron chi connectivity index (χ4n) is 1.16. The summed E-state index contributed by atoms with van der Waals surface area (Å²) in [5.41, 5.74) is 0. The highest BCUT2D eigenvalue weighted by atomic mass is 16.5. The first-order chi connectivity index (χ1) is 4.20. The molecule has 1 fully saturated rings. The molecule has 2 nitrogen and oxygen atoms in total. The Bertz CT molecular complexity index is 90.9. The lowest BCUT2D eigenvalue weighted by Crippen LogP contribution is -2.21. The second-order valence-electron chi connectivity index (χ2n) is 2.95. The molecule has 0 aromatic heterocycles. The Morgan fingerprint density at radius 3 is 2.56 bits per heavy atom. The van der Waals surface area contributed by atoms with Crippen LogP contribution in [0.25, 0.3) is 0 Å². The van der Waals surface area contributed by atoms with Crippen LogP contribution in [0.4, 0.5) is 0 Å². The molecule has 0 aromatic rings. The van der Waals surface area contributed by atoms with Gasteiger partial charge in [-0.3, -0.25) is 0 Å². The van der Waals surface area contributed by atoms with E-state index >= 15 is 0 Å². The van der Waals surface area contributed by atoms with Crippen LogP contribution in [0.1, 0.15) is 20.3 Å². The molecule has 1 rings (SSSR count). The molecule has 0 aliphatic carbocycles. The minimum atomic E-state index is -0.296. The van der Waals surface area contributed by atoms with Gasteiger partial charge in [0.25, 0.3) is 0 Å². The Morgan fingerprint density at radius 2 is 2.33 bits per heavy atom. The molecule has 1 heterocycles. The molecule has 1 aliphatic heterocycles. The summed E-state index contributed by atoms with van der Waals surface area (Å²) in [5, 5.41) is 9.04. The van der Waals surface area contributed by atoms with Crippen molar-refractivity contribution < 1.29 is 9.84 Å². The van der Waals surface area contributed by atoms with Gasteiger partial charge in [-0.05, 0) is 19.3 Å². The van der Waals surface area contributed by atoms with Crippen LogP contribution in [0, 0.1) is 5.92 Å². The topological polar surface area (TPSA) is 29.5 Å². The molecule has 0 bridgehead atoms. The van der Waals surface area contributed by atoms with E-state index in [2.05, 4.69) is 6.92 Å². The maximum Gasteiger partial charge on any atom is 0.0834 e. The zero-order chi connectivity index (χ0) is 6.85. The quantitative estimate of drug-likeness (QED) is 0.568. The van der Waals surface area contributed by atoms with Crippen molar-refractivity contribution in [2.75, 3.05) is 6.61 Å². The lowest BCUT2D eigenvalue weighted by atomic mass is 10.1. The smallest absolute Gasteiger partial charge is 0.0834 e. The van der Waals surface area contributed by atoms with Crippen LogP contribution < -0.4 is 0 Å². The van der Waals surface area contributed by atoms with Crippen LogP contribution >= 0.6 is 0 Å². The summed E-state index contributed by atoms with van der Waals surface area (Å²) in [6, 6.07) is 0. The largest absolute Gasteiger partial charge is 0.391 e. The standard InChI is InChI=1S/C7H14O2/c1-5-3-7(6(2)8)9-4-5/h5-8H,3-4H2,1-2H3. The normalized spacial score (nSPS) is 39.0. The van der Waals surface area contributed by atoms with E-state index in [0.717, 1.165) is 13.0 Å². The number of ether oxygens (including phenoxy) is 1. The SMILES string of the molecule is CC1COC(C(C)O)C1. The second-order valence-corrected chi connectivity index (χ2v) is 2.95. The van der Waals surface area contributed by atoms with Crippen LogP contribution in [0.5, 0.6) is 0 Å². The first kappa shape index (κ1) is 7.03. The first-order valence-corrected chi connectivity index (χ1v) is 3.50. The molecular formula is C7H14O2. The van der Waals surface area contributed by atoms with E-state index in [9.17, 15) is 0 Å². The number of aliphatic hydroxyl groups is 1. The van der Waals surface area contributed by atoms with Crippen LogP contribution in [0.3, 0.4) is 0 Å². The number of aliphatic hydroxyl groups excluding tert-OH is 1. The first-order valence-electron chi connectivity index (χ1n) is 3.50. The van der Waals surface area contributed by atoms with Gasteiger partial charge in [-0.25, -0.2) is 0 Å². The summed E-state index contributed by atoms with van der Waals surface area (Å²) in [4.78, 5) is 0. The molecule has 3 atom stereocenters. The molecule has 9 heavy (non-hydrogen) atoms. The van der Waals surface area contributed by atoms with E-state index in [4.69, 9.17) is 9.84 Å². The Labute approximate surface area is 55.8 Å². The van der Waals surface area contributed by atoms with Gasteiger partial charge in [0.05, 0.1) is 12.2 Å². The van der Waals surface area contributed by atoms with E-state index in [1.54, 1.807) is 6.92 Å². The predicted molar refractivity (Wildman–Crippen MR) is 35.2 cm³/mol. The molecule has 0 saturated carbocycles. The summed E-state index contributed by atoms with van der Waals surface area (Å²) in [7, 11) is 0. The minimum Gasteiger partial charge on any atom is -0.391 e. The zero-order valence-corrected chi connectivity index (χ0v) is 6.00. The van der Waals surface area contributed by atoms with Crippen molar-refractivity contribution >= 4 is 0 Å². The van der Waals surface area contributed by atoms with Gasteiger partial charge in [-0.1, -0.05) is 6.92 Å². The number of hydrogen-bond acceptors (Lipinski definition) is 2. The van der Waals surface area contributed by atoms with E-state index in [1.165, 1.54) is 0 Å². The van der Waals surface area contributed by atoms with Crippen molar-refractivity contribution in [2.45, 2.75) is 32.5 Å². The van der Waals surface area contributed by atoms with Crippen LogP contribution in [0.2, 0.25) is 0 Å². The zero-order valence-electron chi connectivity index (χ0n) is 6.00. The average Bonchev–Trinajstić information content (AvgIpc) is 2.14. The highest BCUT2D eigenvalue weighted by Gasteiger charge is 2.25. The molecule has 3 unspecified atom stereocenters. The second kappa shape index (κ2) is 2.67. The fraction of sp³-hybridized carbons (Fsp3) is 1.00. The molecule has 1 aliphatic rings. The third-order valence-electron chi connectivity index (χ3n) is 1.77. The maximum atomic E-state index is 9.04. The van der Waals surface area contributed by atoms with Gasteiger partial charge >= 0.3 is 0 Å². The Hall–Kier alpha value is -0.0800. The monoisotopic (exact) mass is 130 g/mol. The highest BCUT2D eigenvalue weighted by molar-refractivity contribution is 4.73. The molecule has 0 aromatic carbocycles. The van der Waals surface area contributed by atoms with Crippen molar-refractivity contribution in [1.82, 2.24) is 0 Å². The summed E-state index contributed by atoms with van der Waals surface area (Å²) >= 11 is 0. The third-order valence-corrected chi connectivity index (χ3v) is 1.77. The molecule has 0 radical (unpaired) electrons. The van der Waals surface area contributed by atoms with Crippen LogP contribution in [0.15, 0.2) is 0 Å². The highest BCUT2D eigenvalue weighted by Crippen LogP contribution is 2.20. The van der Waals surface area contributed by atoms with Crippen molar-refractivity contribution in [2.24, 2.45) is 5.92 Å². The molecule has 54 valence electrons. The fourth-order valence-corrected chi connectivity index (χ4v) is 1.16. The third kappa shape index (κ3) is 1.66. The van der Waals surface area contributed by atoms with Crippen LogP contribution in [-0.4, -0.2) is 23.9 Å². The molecule has 0 amide bonds. The van der Waals surface area contributed by atoms with Crippen molar-refractivity contribution in [3.05, 3.63) is 0 Å². The average molecular weight is 130 g/mol. The molecule has 0 spiro atoms. The summed E-state index contributed by atoms with van der Waals surface area (Å²) in [6.07, 6.45) is 0.812. The minimum absolute atomic E-state index is 0.0972. The lowest BCUT2D eigenvalue weighted by Gasteiger charge is -2.11. The molecule has 1 saturated heterocycles. The number of rotatable bonds is 1. The maximum absolute atomic E-state index is 9.04. The van der Waals surface area contributed by atoms with E-state index < -0.39 is 0 Å². The Balaban J connectivity index is 2.30. The van der Waals surface area contributed by atoms with Crippen molar-refractivity contribution in [3.63, 3.8) is 0 Å². The van der Waals surface area contributed by atoms with Gasteiger partial charge in [-0.2, -0.15) is 0 Å². The lowest BCUT2D eigenvalue weighted by molar-refractivity contribution is 0.00797. The predicted octanol–water partition coefficient (Wildman–Crippen LogP) is 0.792. The Morgan fingerprint density at radius 1 is 1.67 bits per heavy atom. The van der Waals surface area contributed by atoms with E-state index in [-0.39, 0.29) is 12.2 Å². The van der Waals surface area contributed by atoms with E-state index in [1.807, 2.05) is 0 Å². The van der Waals surface area contributed by atoms with Gasteiger partial charge in [-0.15, -0.1) is 0 Å². The van der Waals surface area contributed by atoms with Crippen LogP contribution in [-0.2, 0) is 4.74 Å². The van der Waals surface area contributed by atoms with Gasteiger partial charge in [0.15, 0.2) is 0 Å². The molecule has 1 N–H and O–H groups in total. The van der Waals surface area contributed by atoms with Crippen molar-refractivity contribution in [3.8, 4) is 0 Å². The van der Waals surface area contributed by atoms with Crippen molar-refractivity contribution in [1.29, 1.82) is 0 Å². The van der Waals surface area contributed by atoms with Gasteiger partial charge in [0.2, 0.25) is 0 Å². The van der Waals surface area contributed by atoms with Gasteiger partial charge < -0.3 is 9.84 Å². The number of hydrogen-bond donors (Lipinski definition) is 1. The van der Waals surface area contributed by atoms with Gasteiger partial charge in [0, 0.05) is 6.61 Å². The summed E-state index contributed by atoms with van der Waals surface area (Å²) < 4.78 is 5.28. The van der Waals surface area contributed by atoms with Gasteiger partial charge in [0.1, 0.15) is 0 Å². The molecule has 2 heteroatoms. The summed E-state index contributed by atoms with van der Waals surface area (Å²) in [5.74, 6) is 0.629. The van der Waals surface area contributed by atoms with E-state index in [0.29, 0.717) is 5.92 Å². The summed E-state index contributed by atoms with van der Waals surface area (Å²) in [6.45, 7) is 4.74.